The SMILES string of the molecule is CC(C)NCc1cccc(NC(=O)C2CCCC2(C)C)c1. The van der Waals surface area contributed by atoms with E-state index in [1.807, 2.05) is 12.1 Å². The van der Waals surface area contributed by atoms with Crippen molar-refractivity contribution in [2.45, 2.75) is 59.5 Å². The molecule has 1 aliphatic carbocycles. The van der Waals surface area contributed by atoms with Crippen LogP contribution >= 0.6 is 0 Å². The summed E-state index contributed by atoms with van der Waals surface area (Å²) < 4.78 is 0. The van der Waals surface area contributed by atoms with Crippen molar-refractivity contribution in [3.63, 3.8) is 0 Å². The van der Waals surface area contributed by atoms with Gasteiger partial charge in [-0.2, -0.15) is 0 Å². The van der Waals surface area contributed by atoms with Gasteiger partial charge in [-0.25, -0.2) is 0 Å². The predicted molar refractivity (Wildman–Crippen MR) is 88.2 cm³/mol. The molecule has 1 unspecified atom stereocenters. The van der Waals surface area contributed by atoms with Crippen molar-refractivity contribution in [3.05, 3.63) is 29.8 Å². The lowest BCUT2D eigenvalue weighted by molar-refractivity contribution is -0.122. The molecule has 0 saturated heterocycles. The van der Waals surface area contributed by atoms with Crippen molar-refractivity contribution in [2.75, 3.05) is 5.32 Å². The van der Waals surface area contributed by atoms with Crippen molar-refractivity contribution < 1.29 is 4.79 Å². The van der Waals surface area contributed by atoms with Crippen LogP contribution in [0.2, 0.25) is 0 Å². The van der Waals surface area contributed by atoms with Gasteiger partial charge in [0.25, 0.3) is 0 Å². The Hall–Kier alpha value is -1.35. The van der Waals surface area contributed by atoms with E-state index >= 15 is 0 Å². The minimum atomic E-state index is 0.126. The van der Waals surface area contributed by atoms with Gasteiger partial charge in [-0.1, -0.05) is 46.2 Å². The van der Waals surface area contributed by atoms with Crippen LogP contribution in [0.25, 0.3) is 0 Å². The standard InChI is InChI=1S/C18H28N2O/c1-13(2)19-12-14-7-5-8-15(11-14)20-17(21)16-9-6-10-18(16,3)4/h5,7-8,11,13,16,19H,6,9-10,12H2,1-4H3,(H,20,21). The summed E-state index contributed by atoms with van der Waals surface area (Å²) in [6.07, 6.45) is 3.31. The van der Waals surface area contributed by atoms with Crippen molar-refractivity contribution in [2.24, 2.45) is 11.3 Å². The van der Waals surface area contributed by atoms with E-state index in [-0.39, 0.29) is 17.2 Å². The molecular weight excluding hydrogens is 260 g/mol. The smallest absolute Gasteiger partial charge is 0.228 e. The number of anilines is 1. The summed E-state index contributed by atoms with van der Waals surface area (Å²) in [7, 11) is 0. The molecule has 0 aliphatic heterocycles. The molecule has 0 radical (unpaired) electrons. The minimum absolute atomic E-state index is 0.126. The Morgan fingerprint density at radius 2 is 2.14 bits per heavy atom. The van der Waals surface area contributed by atoms with Crippen LogP contribution in [0.5, 0.6) is 0 Å². The van der Waals surface area contributed by atoms with Crippen molar-refractivity contribution in [1.82, 2.24) is 5.32 Å². The lowest BCUT2D eigenvalue weighted by Crippen LogP contribution is -2.30. The summed E-state index contributed by atoms with van der Waals surface area (Å²) in [5, 5.41) is 6.50. The molecule has 1 atom stereocenters. The highest BCUT2D eigenvalue weighted by atomic mass is 16.1. The maximum Gasteiger partial charge on any atom is 0.228 e. The molecule has 0 spiro atoms. The van der Waals surface area contributed by atoms with Gasteiger partial charge >= 0.3 is 0 Å². The van der Waals surface area contributed by atoms with Gasteiger partial charge in [0.2, 0.25) is 5.91 Å². The summed E-state index contributed by atoms with van der Waals surface area (Å²) in [5.41, 5.74) is 2.24. The number of carbonyl (C=O) groups is 1. The predicted octanol–water partition coefficient (Wildman–Crippen LogP) is 3.95. The molecule has 1 aromatic carbocycles. The highest BCUT2D eigenvalue weighted by Gasteiger charge is 2.39. The quantitative estimate of drug-likeness (QED) is 0.861. The van der Waals surface area contributed by atoms with Crippen LogP contribution in [0.4, 0.5) is 5.69 Å². The third-order valence-corrected chi connectivity index (χ3v) is 4.48. The van der Waals surface area contributed by atoms with Gasteiger partial charge in [-0.3, -0.25) is 4.79 Å². The average molecular weight is 288 g/mol. The number of carbonyl (C=O) groups excluding carboxylic acids is 1. The van der Waals surface area contributed by atoms with Crippen LogP contribution in [0.3, 0.4) is 0 Å². The Labute approximate surface area is 128 Å². The lowest BCUT2D eigenvalue weighted by Gasteiger charge is -2.26. The number of amides is 1. The molecule has 3 heteroatoms. The van der Waals surface area contributed by atoms with Gasteiger partial charge in [0.05, 0.1) is 0 Å². The van der Waals surface area contributed by atoms with E-state index < -0.39 is 0 Å². The molecule has 2 N–H and O–H groups in total. The van der Waals surface area contributed by atoms with Crippen LogP contribution in [0.15, 0.2) is 24.3 Å². The maximum atomic E-state index is 12.5. The molecule has 1 saturated carbocycles. The van der Waals surface area contributed by atoms with E-state index in [0.717, 1.165) is 31.5 Å². The zero-order valence-electron chi connectivity index (χ0n) is 13.7. The van der Waals surface area contributed by atoms with Crippen LogP contribution in [0, 0.1) is 11.3 Å². The fourth-order valence-electron chi connectivity index (χ4n) is 3.12. The summed E-state index contributed by atoms with van der Waals surface area (Å²) >= 11 is 0. The lowest BCUT2D eigenvalue weighted by atomic mass is 9.81. The maximum absolute atomic E-state index is 12.5. The van der Waals surface area contributed by atoms with Crippen LogP contribution in [0.1, 0.15) is 52.5 Å². The molecule has 0 heterocycles. The highest BCUT2D eigenvalue weighted by Crippen LogP contribution is 2.43. The first kappa shape index (κ1) is 16.0. The van der Waals surface area contributed by atoms with Gasteiger partial charge < -0.3 is 10.6 Å². The molecule has 2 rings (SSSR count). The number of hydrogen-bond donors (Lipinski definition) is 2. The zero-order valence-corrected chi connectivity index (χ0v) is 13.7. The zero-order chi connectivity index (χ0) is 15.5. The molecule has 0 aromatic heterocycles. The average Bonchev–Trinajstić information content (AvgIpc) is 2.76. The Bertz CT molecular complexity index is 494. The van der Waals surface area contributed by atoms with Gasteiger partial charge in [-0.05, 0) is 36.0 Å². The van der Waals surface area contributed by atoms with Crippen LogP contribution < -0.4 is 10.6 Å². The number of nitrogens with one attached hydrogen (secondary N) is 2. The van der Waals surface area contributed by atoms with E-state index in [9.17, 15) is 4.79 Å². The highest BCUT2D eigenvalue weighted by molar-refractivity contribution is 5.93. The van der Waals surface area contributed by atoms with E-state index in [4.69, 9.17) is 0 Å². The van der Waals surface area contributed by atoms with Gasteiger partial charge in [-0.15, -0.1) is 0 Å². The van der Waals surface area contributed by atoms with Gasteiger partial charge in [0.1, 0.15) is 0 Å². The Morgan fingerprint density at radius 3 is 2.76 bits per heavy atom. The first-order chi connectivity index (χ1) is 9.88. The molecule has 1 amide bonds. The van der Waals surface area contributed by atoms with Crippen LogP contribution in [-0.4, -0.2) is 11.9 Å². The summed E-state index contributed by atoms with van der Waals surface area (Å²) in [4.78, 5) is 12.5. The fraction of sp³-hybridized carbons (Fsp3) is 0.611. The summed E-state index contributed by atoms with van der Waals surface area (Å²) in [6.45, 7) is 9.50. The normalized spacial score (nSPS) is 20.7. The van der Waals surface area contributed by atoms with Crippen molar-refractivity contribution in [3.8, 4) is 0 Å². The third kappa shape index (κ3) is 4.31. The Morgan fingerprint density at radius 1 is 1.38 bits per heavy atom. The molecule has 116 valence electrons. The Balaban J connectivity index is 1.99. The largest absolute Gasteiger partial charge is 0.326 e. The molecule has 1 aliphatic rings. The summed E-state index contributed by atoms with van der Waals surface area (Å²) in [5.74, 6) is 0.307. The third-order valence-electron chi connectivity index (χ3n) is 4.48. The minimum Gasteiger partial charge on any atom is -0.326 e. The van der Waals surface area contributed by atoms with Crippen molar-refractivity contribution >= 4 is 11.6 Å². The second-order valence-corrected chi connectivity index (χ2v) is 7.16. The van der Waals surface area contributed by atoms with E-state index in [1.54, 1.807) is 0 Å². The van der Waals surface area contributed by atoms with Gasteiger partial charge in [0, 0.05) is 24.2 Å². The van der Waals surface area contributed by atoms with E-state index in [2.05, 4.69) is 50.5 Å². The second kappa shape index (κ2) is 6.61. The molecule has 0 bridgehead atoms. The molecule has 1 aromatic rings. The van der Waals surface area contributed by atoms with E-state index in [0.29, 0.717) is 6.04 Å². The topological polar surface area (TPSA) is 41.1 Å². The first-order valence-corrected chi connectivity index (χ1v) is 8.02. The number of rotatable bonds is 5. The summed E-state index contributed by atoms with van der Waals surface area (Å²) in [6, 6.07) is 8.59. The van der Waals surface area contributed by atoms with Gasteiger partial charge in [0.15, 0.2) is 0 Å². The fourth-order valence-corrected chi connectivity index (χ4v) is 3.12. The molecule has 21 heavy (non-hydrogen) atoms. The molecule has 3 nitrogen and oxygen atoms in total. The van der Waals surface area contributed by atoms with Crippen LogP contribution in [-0.2, 0) is 11.3 Å². The number of benzene rings is 1. The number of hydrogen-bond acceptors (Lipinski definition) is 2. The molecule has 1 fully saturated rings. The monoisotopic (exact) mass is 288 g/mol. The second-order valence-electron chi connectivity index (χ2n) is 7.16. The van der Waals surface area contributed by atoms with E-state index in [1.165, 1.54) is 5.56 Å². The molecular formula is C18H28N2O. The van der Waals surface area contributed by atoms with Crippen molar-refractivity contribution in [1.29, 1.82) is 0 Å². The Kier molecular flexibility index (Phi) is 5.04. The first-order valence-electron chi connectivity index (χ1n) is 8.02.